The van der Waals surface area contributed by atoms with Crippen molar-refractivity contribution >= 4 is 27.6 Å². The highest BCUT2D eigenvalue weighted by Crippen LogP contribution is 2.24. The Hall–Kier alpha value is -1.42. The summed E-state index contributed by atoms with van der Waals surface area (Å²) in [5.41, 5.74) is 2.22. The van der Waals surface area contributed by atoms with E-state index in [9.17, 15) is 4.79 Å². The van der Waals surface area contributed by atoms with Crippen molar-refractivity contribution < 1.29 is 9.53 Å². The smallest absolute Gasteiger partial charge is 0.306 e. The molecule has 0 atom stereocenters. The van der Waals surface area contributed by atoms with E-state index in [2.05, 4.69) is 29.5 Å². The minimum absolute atomic E-state index is 0.152. The van der Waals surface area contributed by atoms with E-state index in [4.69, 9.17) is 4.74 Å². The van der Waals surface area contributed by atoms with Crippen LogP contribution in [0, 0.1) is 6.92 Å². The van der Waals surface area contributed by atoms with Crippen molar-refractivity contribution in [2.24, 2.45) is 0 Å². The largest absolute Gasteiger partial charge is 0.466 e. The monoisotopic (exact) mass is 249 g/mol. The maximum absolute atomic E-state index is 11.3. The Kier molecular flexibility index (Phi) is 3.74. The fourth-order valence-electron chi connectivity index (χ4n) is 1.74. The number of carbonyl (C=O) groups is 1. The predicted octanol–water partition coefficient (Wildman–Crippen LogP) is 3.10. The van der Waals surface area contributed by atoms with E-state index in [1.165, 1.54) is 27.2 Å². The third-order valence-electron chi connectivity index (χ3n) is 2.57. The van der Waals surface area contributed by atoms with Gasteiger partial charge in [0.2, 0.25) is 0 Å². The van der Waals surface area contributed by atoms with E-state index in [-0.39, 0.29) is 5.97 Å². The van der Waals surface area contributed by atoms with Crippen LogP contribution in [-0.4, -0.2) is 16.9 Å². The van der Waals surface area contributed by atoms with Crippen molar-refractivity contribution in [1.29, 1.82) is 0 Å². The zero-order chi connectivity index (χ0) is 12.3. The summed E-state index contributed by atoms with van der Waals surface area (Å²) in [7, 11) is 0. The molecular formula is C13H15NO2S. The van der Waals surface area contributed by atoms with E-state index in [1.54, 1.807) is 0 Å². The summed E-state index contributed by atoms with van der Waals surface area (Å²) in [5.74, 6) is -0.152. The van der Waals surface area contributed by atoms with Crippen LogP contribution in [0.3, 0.4) is 0 Å². The molecular weight excluding hydrogens is 234 g/mol. The van der Waals surface area contributed by atoms with Gasteiger partial charge in [-0.2, -0.15) is 4.37 Å². The lowest BCUT2D eigenvalue weighted by Gasteiger charge is -2.00. The Balaban J connectivity index is 2.13. The summed E-state index contributed by atoms with van der Waals surface area (Å²) in [6.07, 6.45) is 1.06. The van der Waals surface area contributed by atoms with Gasteiger partial charge in [0.25, 0.3) is 0 Å². The van der Waals surface area contributed by atoms with Gasteiger partial charge in [-0.1, -0.05) is 11.6 Å². The molecule has 1 aromatic heterocycles. The molecule has 0 fully saturated rings. The zero-order valence-corrected chi connectivity index (χ0v) is 10.8. The first-order chi connectivity index (χ1) is 8.20. The molecule has 2 rings (SSSR count). The number of hydrogen-bond acceptors (Lipinski definition) is 4. The number of rotatable bonds is 4. The SMILES string of the molecule is CCOC(=O)CCc1nsc2ccc(C)cc12. The number of aromatic nitrogens is 1. The number of hydrogen-bond donors (Lipinski definition) is 0. The number of esters is 1. The molecule has 0 saturated carbocycles. The molecule has 0 aliphatic rings. The fraction of sp³-hybridized carbons (Fsp3) is 0.385. The molecule has 17 heavy (non-hydrogen) atoms. The number of nitrogens with zero attached hydrogens (tertiary/aromatic N) is 1. The zero-order valence-electron chi connectivity index (χ0n) is 10.0. The molecule has 3 nitrogen and oxygen atoms in total. The Morgan fingerprint density at radius 1 is 1.47 bits per heavy atom. The van der Waals surface area contributed by atoms with Crippen molar-refractivity contribution in [3.8, 4) is 0 Å². The van der Waals surface area contributed by atoms with Crippen molar-refractivity contribution in [2.45, 2.75) is 26.7 Å². The maximum atomic E-state index is 11.3. The van der Waals surface area contributed by atoms with Gasteiger partial charge < -0.3 is 4.74 Å². The van der Waals surface area contributed by atoms with Crippen LogP contribution in [0.2, 0.25) is 0 Å². The van der Waals surface area contributed by atoms with E-state index in [1.807, 2.05) is 6.92 Å². The Morgan fingerprint density at radius 2 is 2.29 bits per heavy atom. The molecule has 0 N–H and O–H groups in total. The molecule has 0 unspecified atom stereocenters. The van der Waals surface area contributed by atoms with Gasteiger partial charge in [-0.25, -0.2) is 0 Å². The highest BCUT2D eigenvalue weighted by molar-refractivity contribution is 7.13. The van der Waals surface area contributed by atoms with Crippen molar-refractivity contribution in [2.75, 3.05) is 6.61 Å². The average molecular weight is 249 g/mol. The topological polar surface area (TPSA) is 39.2 Å². The molecule has 90 valence electrons. The Bertz CT molecular complexity index is 533. The van der Waals surface area contributed by atoms with Crippen LogP contribution in [0.5, 0.6) is 0 Å². The molecule has 4 heteroatoms. The first-order valence-corrected chi connectivity index (χ1v) is 6.48. The van der Waals surface area contributed by atoms with Gasteiger partial charge in [0, 0.05) is 11.8 Å². The van der Waals surface area contributed by atoms with Crippen LogP contribution in [0.25, 0.3) is 10.1 Å². The summed E-state index contributed by atoms with van der Waals surface area (Å²) in [6.45, 7) is 4.32. The first-order valence-electron chi connectivity index (χ1n) is 5.71. The molecule has 0 bridgehead atoms. The van der Waals surface area contributed by atoms with Gasteiger partial charge in [-0.3, -0.25) is 4.79 Å². The first kappa shape index (κ1) is 12.0. The van der Waals surface area contributed by atoms with Crippen molar-refractivity contribution in [3.05, 3.63) is 29.5 Å². The molecule has 0 spiro atoms. The molecule has 0 amide bonds. The minimum atomic E-state index is -0.152. The van der Waals surface area contributed by atoms with E-state index in [0.29, 0.717) is 19.4 Å². The second-order valence-electron chi connectivity index (χ2n) is 3.93. The third kappa shape index (κ3) is 2.82. The number of fused-ring (bicyclic) bond motifs is 1. The van der Waals surface area contributed by atoms with Crippen LogP contribution < -0.4 is 0 Å². The molecule has 1 heterocycles. The summed E-state index contributed by atoms with van der Waals surface area (Å²) in [5, 5.41) is 1.17. The molecule has 0 aliphatic carbocycles. The van der Waals surface area contributed by atoms with Gasteiger partial charge in [0.05, 0.1) is 23.4 Å². The van der Waals surface area contributed by atoms with Gasteiger partial charge in [0.1, 0.15) is 0 Å². The Morgan fingerprint density at radius 3 is 3.06 bits per heavy atom. The fourth-order valence-corrected chi connectivity index (χ4v) is 2.54. The summed E-state index contributed by atoms with van der Waals surface area (Å²) in [6, 6.07) is 6.28. The van der Waals surface area contributed by atoms with Crippen LogP contribution >= 0.6 is 11.5 Å². The van der Waals surface area contributed by atoms with Gasteiger partial charge in [0.15, 0.2) is 0 Å². The second-order valence-corrected chi connectivity index (χ2v) is 4.74. The number of carbonyl (C=O) groups excluding carboxylic acids is 1. The molecule has 0 saturated heterocycles. The van der Waals surface area contributed by atoms with E-state index in [0.717, 1.165) is 5.69 Å². The molecule has 0 aliphatic heterocycles. The summed E-state index contributed by atoms with van der Waals surface area (Å²) in [4.78, 5) is 11.3. The summed E-state index contributed by atoms with van der Waals surface area (Å²) >= 11 is 1.49. The Labute approximate surface area is 105 Å². The van der Waals surface area contributed by atoms with Crippen molar-refractivity contribution in [1.82, 2.24) is 4.37 Å². The van der Waals surface area contributed by atoms with Gasteiger partial charge in [-0.05, 0) is 37.5 Å². The van der Waals surface area contributed by atoms with E-state index < -0.39 is 0 Å². The van der Waals surface area contributed by atoms with Crippen molar-refractivity contribution in [3.63, 3.8) is 0 Å². The standard InChI is InChI=1S/C13H15NO2S/c1-3-16-13(15)7-5-11-10-8-9(2)4-6-12(10)17-14-11/h4,6,8H,3,5,7H2,1-2H3. The van der Waals surface area contributed by atoms with Gasteiger partial charge in [-0.15, -0.1) is 0 Å². The number of benzene rings is 1. The molecule has 0 radical (unpaired) electrons. The highest BCUT2D eigenvalue weighted by atomic mass is 32.1. The van der Waals surface area contributed by atoms with Crippen LogP contribution in [0.15, 0.2) is 18.2 Å². The normalized spacial score (nSPS) is 10.7. The molecule has 1 aromatic carbocycles. The maximum Gasteiger partial charge on any atom is 0.306 e. The lowest BCUT2D eigenvalue weighted by molar-refractivity contribution is -0.143. The predicted molar refractivity (Wildman–Crippen MR) is 69.3 cm³/mol. The van der Waals surface area contributed by atoms with Crippen LogP contribution in [0.1, 0.15) is 24.6 Å². The van der Waals surface area contributed by atoms with Crippen LogP contribution in [0.4, 0.5) is 0 Å². The second kappa shape index (κ2) is 5.27. The lowest BCUT2D eigenvalue weighted by atomic mass is 10.1. The highest BCUT2D eigenvalue weighted by Gasteiger charge is 2.09. The third-order valence-corrected chi connectivity index (χ3v) is 3.44. The summed E-state index contributed by atoms with van der Waals surface area (Å²) < 4.78 is 10.5. The number of aryl methyl sites for hydroxylation is 2. The number of ether oxygens (including phenoxy) is 1. The molecule has 2 aromatic rings. The minimum Gasteiger partial charge on any atom is -0.466 e. The van der Waals surface area contributed by atoms with E-state index >= 15 is 0 Å². The van der Waals surface area contributed by atoms with Gasteiger partial charge >= 0.3 is 5.97 Å². The quantitative estimate of drug-likeness (QED) is 0.782. The lowest BCUT2D eigenvalue weighted by Crippen LogP contribution is -2.05. The average Bonchev–Trinajstić information content (AvgIpc) is 2.69. The van der Waals surface area contributed by atoms with Crippen LogP contribution in [-0.2, 0) is 16.0 Å².